The molecule has 3 amide bonds. The minimum Gasteiger partial charge on any atom is -0.341 e. The molecule has 2 aliphatic rings. The van der Waals surface area contributed by atoms with Crippen LogP contribution in [0.25, 0.3) is 0 Å². The Hall–Kier alpha value is -2.11. The summed E-state index contributed by atoms with van der Waals surface area (Å²) in [5.74, 6) is 1.27. The Morgan fingerprint density at radius 3 is 2.46 bits per heavy atom. The van der Waals surface area contributed by atoms with Gasteiger partial charge in [0.15, 0.2) is 0 Å². The standard InChI is InChI=1S/C18H26N4O2/c1-13-3-7-20-11-16(13)17(23)22-10-6-15(12-22)14-4-8-21(9-5-14)18(24)19-2/h3,7,11,14-15H,4-6,8-10,12H2,1-2H3,(H,19,24). The molecule has 0 spiro atoms. The summed E-state index contributed by atoms with van der Waals surface area (Å²) in [4.78, 5) is 32.3. The number of nitrogens with zero attached hydrogens (tertiary/aromatic N) is 3. The van der Waals surface area contributed by atoms with Crippen molar-refractivity contribution in [2.24, 2.45) is 11.8 Å². The van der Waals surface area contributed by atoms with Crippen molar-refractivity contribution < 1.29 is 9.59 Å². The minimum absolute atomic E-state index is 0.0173. The predicted molar refractivity (Wildman–Crippen MR) is 91.7 cm³/mol. The zero-order valence-corrected chi connectivity index (χ0v) is 14.5. The lowest BCUT2D eigenvalue weighted by Gasteiger charge is -2.34. The van der Waals surface area contributed by atoms with Crippen molar-refractivity contribution in [1.29, 1.82) is 0 Å². The van der Waals surface area contributed by atoms with Crippen molar-refractivity contribution in [3.8, 4) is 0 Å². The molecule has 1 unspecified atom stereocenters. The van der Waals surface area contributed by atoms with Crippen LogP contribution in [0.2, 0.25) is 0 Å². The van der Waals surface area contributed by atoms with E-state index in [0.717, 1.165) is 51.0 Å². The summed E-state index contributed by atoms with van der Waals surface area (Å²) in [5.41, 5.74) is 1.70. The van der Waals surface area contributed by atoms with Gasteiger partial charge in [-0.1, -0.05) is 0 Å². The molecule has 0 saturated carbocycles. The summed E-state index contributed by atoms with van der Waals surface area (Å²) in [6.45, 7) is 5.25. The molecule has 2 fully saturated rings. The normalized spacial score (nSPS) is 21.8. The summed E-state index contributed by atoms with van der Waals surface area (Å²) in [5, 5.41) is 2.69. The Labute approximate surface area is 143 Å². The van der Waals surface area contributed by atoms with Crippen LogP contribution in [0.5, 0.6) is 0 Å². The number of likely N-dealkylation sites (tertiary alicyclic amines) is 2. The summed E-state index contributed by atoms with van der Waals surface area (Å²) >= 11 is 0. The number of carbonyl (C=O) groups excluding carboxylic acids is 2. The second kappa shape index (κ2) is 7.20. The first-order valence-electron chi connectivity index (χ1n) is 8.76. The van der Waals surface area contributed by atoms with E-state index in [-0.39, 0.29) is 11.9 Å². The average Bonchev–Trinajstić information content (AvgIpc) is 3.11. The van der Waals surface area contributed by atoms with E-state index < -0.39 is 0 Å². The van der Waals surface area contributed by atoms with E-state index in [4.69, 9.17) is 0 Å². The zero-order valence-electron chi connectivity index (χ0n) is 14.5. The molecule has 6 heteroatoms. The van der Waals surface area contributed by atoms with Crippen LogP contribution in [-0.4, -0.2) is 59.9 Å². The predicted octanol–water partition coefficient (Wildman–Crippen LogP) is 1.90. The Morgan fingerprint density at radius 1 is 1.12 bits per heavy atom. The van der Waals surface area contributed by atoms with Gasteiger partial charge in [0.2, 0.25) is 0 Å². The van der Waals surface area contributed by atoms with Gasteiger partial charge < -0.3 is 15.1 Å². The number of rotatable bonds is 2. The van der Waals surface area contributed by atoms with Crippen LogP contribution >= 0.6 is 0 Å². The van der Waals surface area contributed by atoms with Crippen LogP contribution in [-0.2, 0) is 0 Å². The van der Waals surface area contributed by atoms with E-state index in [0.29, 0.717) is 17.4 Å². The third-order valence-corrected chi connectivity index (χ3v) is 5.49. The molecule has 6 nitrogen and oxygen atoms in total. The number of aromatic nitrogens is 1. The summed E-state index contributed by atoms with van der Waals surface area (Å²) in [7, 11) is 1.68. The fourth-order valence-corrected chi connectivity index (χ4v) is 3.95. The van der Waals surface area contributed by atoms with Gasteiger partial charge in [0.25, 0.3) is 5.91 Å². The maximum absolute atomic E-state index is 12.7. The van der Waals surface area contributed by atoms with Crippen molar-refractivity contribution in [1.82, 2.24) is 20.1 Å². The third-order valence-electron chi connectivity index (χ3n) is 5.49. The molecule has 24 heavy (non-hydrogen) atoms. The number of nitrogens with one attached hydrogen (secondary N) is 1. The van der Waals surface area contributed by atoms with E-state index >= 15 is 0 Å². The van der Waals surface area contributed by atoms with Crippen LogP contribution in [0.3, 0.4) is 0 Å². The molecule has 130 valence electrons. The number of pyridine rings is 1. The first-order valence-corrected chi connectivity index (χ1v) is 8.76. The lowest BCUT2D eigenvalue weighted by molar-refractivity contribution is 0.0775. The minimum atomic E-state index is 0.0173. The summed E-state index contributed by atoms with van der Waals surface area (Å²) in [6, 6.07) is 1.90. The van der Waals surface area contributed by atoms with E-state index in [1.165, 1.54) is 0 Å². The number of carbonyl (C=O) groups is 2. The van der Waals surface area contributed by atoms with Crippen LogP contribution in [0.4, 0.5) is 4.79 Å². The maximum atomic E-state index is 12.7. The van der Waals surface area contributed by atoms with Crippen LogP contribution in [0.15, 0.2) is 18.5 Å². The van der Waals surface area contributed by atoms with Gasteiger partial charge in [0.1, 0.15) is 0 Å². The lowest BCUT2D eigenvalue weighted by Crippen LogP contribution is -2.44. The first-order chi connectivity index (χ1) is 11.6. The van der Waals surface area contributed by atoms with Gasteiger partial charge in [-0.25, -0.2) is 4.79 Å². The fraction of sp³-hybridized carbons (Fsp3) is 0.611. The topological polar surface area (TPSA) is 65.5 Å². The molecule has 2 aliphatic heterocycles. The molecule has 1 atom stereocenters. The van der Waals surface area contributed by atoms with E-state index in [1.54, 1.807) is 19.4 Å². The molecule has 1 aromatic rings. The van der Waals surface area contributed by atoms with Crippen LogP contribution < -0.4 is 5.32 Å². The first kappa shape index (κ1) is 16.7. The number of hydrogen-bond donors (Lipinski definition) is 1. The fourth-order valence-electron chi connectivity index (χ4n) is 3.95. The summed E-state index contributed by atoms with van der Waals surface area (Å²) in [6.07, 6.45) is 6.53. The van der Waals surface area contributed by atoms with Gasteiger partial charge in [-0.15, -0.1) is 0 Å². The quantitative estimate of drug-likeness (QED) is 0.901. The lowest BCUT2D eigenvalue weighted by atomic mass is 9.84. The van der Waals surface area contributed by atoms with Crippen molar-refractivity contribution in [3.05, 3.63) is 29.6 Å². The average molecular weight is 330 g/mol. The smallest absolute Gasteiger partial charge is 0.317 e. The van der Waals surface area contributed by atoms with Crippen LogP contribution in [0.1, 0.15) is 35.2 Å². The van der Waals surface area contributed by atoms with Crippen molar-refractivity contribution in [2.45, 2.75) is 26.2 Å². The molecule has 0 bridgehead atoms. The van der Waals surface area contributed by atoms with Gasteiger partial charge in [-0.3, -0.25) is 9.78 Å². The summed E-state index contributed by atoms with van der Waals surface area (Å²) < 4.78 is 0. The van der Waals surface area contributed by atoms with Gasteiger partial charge in [-0.2, -0.15) is 0 Å². The van der Waals surface area contributed by atoms with Gasteiger partial charge >= 0.3 is 6.03 Å². The number of piperidine rings is 1. The van der Waals surface area contributed by atoms with Crippen molar-refractivity contribution in [2.75, 3.05) is 33.2 Å². The Balaban J connectivity index is 1.56. The second-order valence-corrected chi connectivity index (χ2v) is 6.87. The molecule has 3 rings (SSSR count). The Bertz CT molecular complexity index is 611. The van der Waals surface area contributed by atoms with Gasteiger partial charge in [-0.05, 0) is 49.7 Å². The molecule has 0 radical (unpaired) electrons. The monoisotopic (exact) mass is 330 g/mol. The highest BCUT2D eigenvalue weighted by molar-refractivity contribution is 5.95. The molecule has 0 aromatic carbocycles. The van der Waals surface area contributed by atoms with Crippen LogP contribution in [0, 0.1) is 18.8 Å². The Kier molecular flexibility index (Phi) is 5.02. The highest BCUT2D eigenvalue weighted by atomic mass is 16.2. The SMILES string of the molecule is CNC(=O)N1CCC(C2CCN(C(=O)c3cnccc3C)C2)CC1. The molecular weight excluding hydrogens is 304 g/mol. The number of amides is 3. The van der Waals surface area contributed by atoms with Gasteiger partial charge in [0, 0.05) is 45.6 Å². The van der Waals surface area contributed by atoms with Crippen molar-refractivity contribution in [3.63, 3.8) is 0 Å². The highest BCUT2D eigenvalue weighted by Gasteiger charge is 2.34. The van der Waals surface area contributed by atoms with Crippen molar-refractivity contribution >= 4 is 11.9 Å². The zero-order chi connectivity index (χ0) is 17.1. The largest absolute Gasteiger partial charge is 0.341 e. The Morgan fingerprint density at radius 2 is 1.79 bits per heavy atom. The van der Waals surface area contributed by atoms with E-state index in [1.807, 2.05) is 22.8 Å². The number of hydrogen-bond acceptors (Lipinski definition) is 3. The maximum Gasteiger partial charge on any atom is 0.317 e. The molecule has 1 aromatic heterocycles. The molecule has 2 saturated heterocycles. The van der Waals surface area contributed by atoms with E-state index in [9.17, 15) is 9.59 Å². The number of aryl methyl sites for hydroxylation is 1. The molecule has 1 N–H and O–H groups in total. The second-order valence-electron chi connectivity index (χ2n) is 6.87. The number of urea groups is 1. The molecule has 3 heterocycles. The third kappa shape index (κ3) is 3.37. The highest BCUT2D eigenvalue weighted by Crippen LogP contribution is 2.32. The van der Waals surface area contributed by atoms with E-state index in [2.05, 4.69) is 10.3 Å². The molecule has 0 aliphatic carbocycles. The van der Waals surface area contributed by atoms with Gasteiger partial charge in [0.05, 0.1) is 5.56 Å². The molecular formula is C18H26N4O2.